The minimum atomic E-state index is -4.72. The van der Waals surface area contributed by atoms with E-state index in [2.05, 4.69) is 21.2 Å². The largest absolute Gasteiger partial charge is 0.490 e. The second-order valence-corrected chi connectivity index (χ2v) is 6.74. The number of carbonyl (C=O) groups is 1. The van der Waals surface area contributed by atoms with E-state index < -0.39 is 34.4 Å². The zero-order valence-electron chi connectivity index (χ0n) is 15.0. The molecule has 29 heavy (non-hydrogen) atoms. The third-order valence-electron chi connectivity index (χ3n) is 3.66. The number of rotatable bonds is 8. The summed E-state index contributed by atoms with van der Waals surface area (Å²) >= 11 is 3.29. The number of esters is 1. The Balaban J connectivity index is 1.91. The number of hydrogen-bond acceptors (Lipinski definition) is 6. The summed E-state index contributed by atoms with van der Waals surface area (Å²) in [6.07, 6.45) is -4.72. The quantitative estimate of drug-likeness (QED) is 0.254. The van der Waals surface area contributed by atoms with Gasteiger partial charge in [-0.05, 0) is 43.3 Å². The van der Waals surface area contributed by atoms with Crippen molar-refractivity contribution in [1.82, 2.24) is 0 Å². The van der Waals surface area contributed by atoms with Crippen molar-refractivity contribution < 1.29 is 32.4 Å². The van der Waals surface area contributed by atoms with Gasteiger partial charge in [-0.3, -0.25) is 10.1 Å². The molecule has 0 aliphatic carbocycles. The predicted molar refractivity (Wildman–Crippen MR) is 102 cm³/mol. The van der Waals surface area contributed by atoms with Crippen molar-refractivity contribution in [1.29, 1.82) is 0 Å². The molecule has 0 aromatic heterocycles. The van der Waals surface area contributed by atoms with E-state index in [4.69, 9.17) is 9.47 Å². The number of nitro groups is 1. The van der Waals surface area contributed by atoms with Gasteiger partial charge in [0.1, 0.15) is 30.7 Å². The number of hydrogen-bond donors (Lipinski definition) is 1. The molecule has 2 rings (SSSR count). The predicted octanol–water partition coefficient (Wildman–Crippen LogP) is 4.80. The number of nitrogens with zero attached hydrogens (tertiary/aromatic N) is 1. The molecule has 156 valence electrons. The summed E-state index contributed by atoms with van der Waals surface area (Å²) in [6, 6.07) is 7.99. The van der Waals surface area contributed by atoms with Crippen LogP contribution in [0, 0.1) is 10.1 Å². The summed E-state index contributed by atoms with van der Waals surface area (Å²) in [5.74, 6) is -0.158. The van der Waals surface area contributed by atoms with Crippen molar-refractivity contribution in [3.63, 3.8) is 0 Å². The summed E-state index contributed by atoms with van der Waals surface area (Å²) in [6.45, 7) is 1.38. The molecule has 0 bridgehead atoms. The van der Waals surface area contributed by atoms with E-state index >= 15 is 0 Å². The molecule has 0 radical (unpaired) electrons. The first-order chi connectivity index (χ1) is 13.6. The van der Waals surface area contributed by atoms with Gasteiger partial charge in [-0.1, -0.05) is 15.9 Å². The van der Waals surface area contributed by atoms with Gasteiger partial charge in [-0.2, -0.15) is 13.2 Å². The number of halogens is 4. The van der Waals surface area contributed by atoms with Gasteiger partial charge in [0.15, 0.2) is 0 Å². The Bertz CT molecular complexity index is 875. The molecule has 0 saturated carbocycles. The molecule has 2 aromatic rings. The minimum absolute atomic E-state index is 0.0734. The Labute approximate surface area is 172 Å². The van der Waals surface area contributed by atoms with E-state index in [1.165, 1.54) is 6.92 Å². The molecular formula is C18H16BrF3N2O5. The van der Waals surface area contributed by atoms with Crippen molar-refractivity contribution in [3.05, 3.63) is 62.6 Å². The van der Waals surface area contributed by atoms with Gasteiger partial charge in [-0.15, -0.1) is 0 Å². The van der Waals surface area contributed by atoms with E-state index in [9.17, 15) is 28.1 Å². The number of nitro benzene ring substituents is 1. The number of anilines is 1. The van der Waals surface area contributed by atoms with Crippen LogP contribution in [0.1, 0.15) is 12.5 Å². The lowest BCUT2D eigenvalue weighted by Gasteiger charge is -2.16. The monoisotopic (exact) mass is 476 g/mol. The zero-order chi connectivity index (χ0) is 21.6. The van der Waals surface area contributed by atoms with E-state index in [0.717, 1.165) is 10.5 Å². The van der Waals surface area contributed by atoms with Crippen LogP contribution < -0.4 is 10.1 Å². The van der Waals surface area contributed by atoms with Crippen molar-refractivity contribution in [2.75, 3.05) is 18.5 Å². The molecule has 0 aliphatic heterocycles. The summed E-state index contributed by atoms with van der Waals surface area (Å²) in [7, 11) is 0. The summed E-state index contributed by atoms with van der Waals surface area (Å²) in [4.78, 5) is 22.1. The molecule has 11 heteroatoms. The molecule has 0 spiro atoms. The van der Waals surface area contributed by atoms with E-state index in [1.54, 1.807) is 24.3 Å². The number of benzene rings is 2. The maximum atomic E-state index is 12.7. The van der Waals surface area contributed by atoms with Crippen molar-refractivity contribution in [3.8, 4) is 5.75 Å². The Morgan fingerprint density at radius 1 is 1.21 bits per heavy atom. The second-order valence-electron chi connectivity index (χ2n) is 5.82. The first-order valence-corrected chi connectivity index (χ1v) is 9.04. The summed E-state index contributed by atoms with van der Waals surface area (Å²) in [5, 5.41) is 13.6. The molecule has 0 heterocycles. The average Bonchev–Trinajstić information content (AvgIpc) is 2.65. The Kier molecular flexibility index (Phi) is 7.43. The lowest BCUT2D eigenvalue weighted by atomic mass is 10.1. The third-order valence-corrected chi connectivity index (χ3v) is 4.19. The van der Waals surface area contributed by atoms with Crippen LogP contribution in [0.25, 0.3) is 0 Å². The van der Waals surface area contributed by atoms with Gasteiger partial charge >= 0.3 is 12.1 Å². The summed E-state index contributed by atoms with van der Waals surface area (Å²) < 4.78 is 49.5. The zero-order valence-corrected chi connectivity index (χ0v) is 16.6. The van der Waals surface area contributed by atoms with Crippen LogP contribution in [0.15, 0.2) is 46.9 Å². The fourth-order valence-electron chi connectivity index (χ4n) is 2.23. The molecule has 2 aromatic carbocycles. The molecule has 1 unspecified atom stereocenters. The number of carbonyl (C=O) groups excluding carboxylic acids is 1. The van der Waals surface area contributed by atoms with Crippen LogP contribution >= 0.6 is 15.9 Å². The van der Waals surface area contributed by atoms with E-state index in [-0.39, 0.29) is 18.9 Å². The Morgan fingerprint density at radius 2 is 1.86 bits per heavy atom. The average molecular weight is 477 g/mol. The number of nitrogens with one attached hydrogen (secondary N) is 1. The van der Waals surface area contributed by atoms with Gasteiger partial charge in [0.05, 0.1) is 10.5 Å². The second kappa shape index (κ2) is 9.59. The summed E-state index contributed by atoms with van der Waals surface area (Å²) in [5.41, 5.74) is -2.17. The highest BCUT2D eigenvalue weighted by Crippen LogP contribution is 2.35. The molecule has 1 atom stereocenters. The van der Waals surface area contributed by atoms with Crippen LogP contribution in [0.3, 0.4) is 0 Å². The highest BCUT2D eigenvalue weighted by molar-refractivity contribution is 9.10. The molecule has 0 fully saturated rings. The van der Waals surface area contributed by atoms with Crippen molar-refractivity contribution in [2.45, 2.75) is 19.1 Å². The number of ether oxygens (including phenoxy) is 2. The van der Waals surface area contributed by atoms with Gasteiger partial charge in [0, 0.05) is 10.5 Å². The molecule has 0 amide bonds. The van der Waals surface area contributed by atoms with Crippen LogP contribution in [0.4, 0.5) is 24.5 Å². The van der Waals surface area contributed by atoms with Gasteiger partial charge in [0.2, 0.25) is 0 Å². The SMILES string of the molecule is CC(Nc1ccc(C(F)(F)F)cc1[N+](=O)[O-])C(=O)OCCOc1ccc(Br)cc1. The van der Waals surface area contributed by atoms with Crippen molar-refractivity contribution >= 4 is 33.3 Å². The fourth-order valence-corrected chi connectivity index (χ4v) is 2.50. The number of alkyl halides is 3. The van der Waals surface area contributed by atoms with Crippen molar-refractivity contribution in [2.24, 2.45) is 0 Å². The van der Waals surface area contributed by atoms with Crippen LogP contribution in [-0.4, -0.2) is 30.1 Å². The molecule has 0 saturated heterocycles. The molecule has 7 nitrogen and oxygen atoms in total. The first kappa shape index (κ1) is 22.5. The Morgan fingerprint density at radius 3 is 2.45 bits per heavy atom. The highest BCUT2D eigenvalue weighted by Gasteiger charge is 2.33. The standard InChI is InChI=1S/C18H16BrF3N2O5/c1-11(17(25)29-9-8-28-14-5-3-13(19)4-6-14)23-15-7-2-12(18(20,21)22)10-16(15)24(26)27/h2-7,10-11,23H,8-9H2,1H3. The normalized spacial score (nSPS) is 12.2. The lowest BCUT2D eigenvalue weighted by molar-refractivity contribution is -0.384. The lowest BCUT2D eigenvalue weighted by Crippen LogP contribution is -2.29. The molecular weight excluding hydrogens is 461 g/mol. The molecule has 1 N–H and O–H groups in total. The maximum Gasteiger partial charge on any atom is 0.416 e. The maximum absolute atomic E-state index is 12.7. The van der Waals surface area contributed by atoms with E-state index in [0.29, 0.717) is 17.9 Å². The van der Waals surface area contributed by atoms with Gasteiger partial charge in [0.25, 0.3) is 5.69 Å². The van der Waals surface area contributed by atoms with Gasteiger partial charge in [-0.25, -0.2) is 4.79 Å². The van der Waals surface area contributed by atoms with Crippen LogP contribution in [0.5, 0.6) is 5.75 Å². The smallest absolute Gasteiger partial charge is 0.416 e. The minimum Gasteiger partial charge on any atom is -0.490 e. The fraction of sp³-hybridized carbons (Fsp3) is 0.278. The Hall–Kier alpha value is -2.82. The topological polar surface area (TPSA) is 90.7 Å². The van der Waals surface area contributed by atoms with Crippen LogP contribution in [-0.2, 0) is 15.7 Å². The molecule has 0 aliphatic rings. The third kappa shape index (κ3) is 6.63. The highest BCUT2D eigenvalue weighted by atomic mass is 79.9. The van der Waals surface area contributed by atoms with Gasteiger partial charge < -0.3 is 14.8 Å². The first-order valence-electron chi connectivity index (χ1n) is 8.25. The van der Waals surface area contributed by atoms with E-state index in [1.807, 2.05) is 0 Å². The van der Waals surface area contributed by atoms with Crippen LogP contribution in [0.2, 0.25) is 0 Å².